The lowest BCUT2D eigenvalue weighted by atomic mass is 9.73. The van der Waals surface area contributed by atoms with Gasteiger partial charge in [-0.1, -0.05) is 55.8 Å². The molecule has 0 saturated carbocycles. The SMILES string of the molecule is CC(C)c1ccc2c(c1)[C@]1(CC(=O)Nc3c1sc(C(=O)O)c3-c1ccccc1Cl)C(=O)N2C. The first-order valence-corrected chi connectivity index (χ1v) is 11.7. The fraction of sp³-hybridized carbons (Fsp3) is 0.240. The average Bonchev–Trinajstić information content (AvgIpc) is 3.25. The summed E-state index contributed by atoms with van der Waals surface area (Å²) in [5.41, 5.74) is 2.43. The van der Waals surface area contributed by atoms with Crippen molar-refractivity contribution in [3.63, 3.8) is 0 Å². The Kier molecular flexibility index (Phi) is 4.88. The van der Waals surface area contributed by atoms with Gasteiger partial charge < -0.3 is 15.3 Å². The number of thiophene rings is 1. The molecule has 1 spiro atoms. The number of carboxylic acids is 1. The molecule has 2 amide bonds. The van der Waals surface area contributed by atoms with E-state index in [-0.39, 0.29) is 29.0 Å². The summed E-state index contributed by atoms with van der Waals surface area (Å²) in [5.74, 6) is -1.49. The number of nitrogens with zero attached hydrogens (tertiary/aromatic N) is 1. The van der Waals surface area contributed by atoms with Crippen LogP contribution in [0, 0.1) is 0 Å². The second kappa shape index (κ2) is 7.43. The van der Waals surface area contributed by atoms with Gasteiger partial charge in [0.1, 0.15) is 10.3 Å². The van der Waals surface area contributed by atoms with Crippen LogP contribution in [0.3, 0.4) is 0 Å². The van der Waals surface area contributed by atoms with Crippen molar-refractivity contribution in [1.29, 1.82) is 0 Å². The van der Waals surface area contributed by atoms with Gasteiger partial charge in [0.05, 0.1) is 17.0 Å². The normalized spacial score (nSPS) is 19.1. The number of rotatable bonds is 3. The Bertz CT molecular complexity index is 1360. The number of halogens is 1. The minimum Gasteiger partial charge on any atom is -0.477 e. The molecule has 8 heteroatoms. The summed E-state index contributed by atoms with van der Waals surface area (Å²) in [6.07, 6.45) is -0.0841. The Morgan fingerprint density at radius 3 is 2.61 bits per heavy atom. The number of likely N-dealkylation sites (N-methyl/N-ethyl adjacent to an activating group) is 1. The van der Waals surface area contributed by atoms with Crippen molar-refractivity contribution in [2.75, 3.05) is 17.3 Å². The number of aromatic carboxylic acids is 1. The van der Waals surface area contributed by atoms with E-state index in [9.17, 15) is 19.5 Å². The molecule has 2 N–H and O–H groups in total. The molecule has 0 radical (unpaired) electrons. The number of benzene rings is 2. The summed E-state index contributed by atoms with van der Waals surface area (Å²) in [4.78, 5) is 41.3. The number of carboxylic acid groups (broad SMARTS) is 1. The number of fused-ring (bicyclic) bond motifs is 4. The summed E-state index contributed by atoms with van der Waals surface area (Å²) in [5, 5.41) is 13.3. The van der Waals surface area contributed by atoms with Crippen LogP contribution in [0.25, 0.3) is 11.1 Å². The predicted octanol–water partition coefficient (Wildman–Crippen LogP) is 5.49. The van der Waals surface area contributed by atoms with Crippen molar-refractivity contribution in [2.24, 2.45) is 0 Å². The minimum atomic E-state index is -1.28. The van der Waals surface area contributed by atoms with Gasteiger partial charge in [0.15, 0.2) is 0 Å². The summed E-state index contributed by atoms with van der Waals surface area (Å²) >= 11 is 7.47. The number of hydrogen-bond donors (Lipinski definition) is 2. The quantitative estimate of drug-likeness (QED) is 0.518. The highest BCUT2D eigenvalue weighted by Crippen LogP contribution is 2.58. The van der Waals surface area contributed by atoms with Gasteiger partial charge in [0.2, 0.25) is 11.8 Å². The van der Waals surface area contributed by atoms with Crippen LogP contribution < -0.4 is 10.2 Å². The summed E-state index contributed by atoms with van der Waals surface area (Å²) < 4.78 is 0. The molecule has 0 bridgehead atoms. The highest BCUT2D eigenvalue weighted by Gasteiger charge is 2.57. The fourth-order valence-electron chi connectivity index (χ4n) is 4.88. The Balaban J connectivity index is 1.87. The summed E-state index contributed by atoms with van der Waals surface area (Å²) in [6.45, 7) is 4.13. The lowest BCUT2D eigenvalue weighted by Crippen LogP contribution is -2.45. The monoisotopic (exact) mass is 480 g/mol. The van der Waals surface area contributed by atoms with E-state index in [0.29, 0.717) is 26.7 Å². The summed E-state index contributed by atoms with van der Waals surface area (Å²) in [7, 11) is 1.69. The molecular weight excluding hydrogens is 460 g/mol. The van der Waals surface area contributed by atoms with Crippen molar-refractivity contribution in [3.8, 4) is 11.1 Å². The zero-order valence-corrected chi connectivity index (χ0v) is 19.8. The molecule has 2 aromatic carbocycles. The number of anilines is 2. The van der Waals surface area contributed by atoms with Crippen molar-refractivity contribution in [2.45, 2.75) is 31.6 Å². The van der Waals surface area contributed by atoms with E-state index in [1.807, 2.05) is 18.2 Å². The number of nitrogens with one attached hydrogen (secondary N) is 1. The van der Waals surface area contributed by atoms with Crippen LogP contribution >= 0.6 is 22.9 Å². The van der Waals surface area contributed by atoms with E-state index in [2.05, 4.69) is 19.2 Å². The molecule has 3 aromatic rings. The van der Waals surface area contributed by atoms with E-state index in [1.165, 1.54) is 0 Å². The van der Waals surface area contributed by atoms with Crippen LogP contribution in [-0.4, -0.2) is 29.9 Å². The van der Waals surface area contributed by atoms with Crippen molar-refractivity contribution < 1.29 is 19.5 Å². The molecule has 2 aliphatic heterocycles. The van der Waals surface area contributed by atoms with Crippen molar-refractivity contribution in [1.82, 2.24) is 0 Å². The lowest BCUT2D eigenvalue weighted by molar-refractivity contribution is -0.126. The maximum absolute atomic E-state index is 13.8. The molecule has 168 valence electrons. The number of amides is 2. The zero-order valence-electron chi connectivity index (χ0n) is 18.2. The molecule has 0 saturated heterocycles. The van der Waals surface area contributed by atoms with Gasteiger partial charge >= 0.3 is 5.97 Å². The first-order chi connectivity index (χ1) is 15.7. The fourth-order valence-corrected chi connectivity index (χ4v) is 6.41. The largest absolute Gasteiger partial charge is 0.477 e. The predicted molar refractivity (Wildman–Crippen MR) is 130 cm³/mol. The van der Waals surface area contributed by atoms with Crippen LogP contribution in [0.2, 0.25) is 5.02 Å². The van der Waals surface area contributed by atoms with Crippen LogP contribution in [0.5, 0.6) is 0 Å². The zero-order chi connectivity index (χ0) is 23.7. The third-order valence-electron chi connectivity index (χ3n) is 6.50. The Hall–Kier alpha value is -3.16. The van der Waals surface area contributed by atoms with Crippen LogP contribution in [-0.2, 0) is 15.0 Å². The second-order valence-electron chi connectivity index (χ2n) is 8.72. The van der Waals surface area contributed by atoms with Crippen LogP contribution in [0.15, 0.2) is 42.5 Å². The molecule has 1 atom stereocenters. The second-order valence-corrected chi connectivity index (χ2v) is 10.1. The van der Waals surface area contributed by atoms with E-state index < -0.39 is 11.4 Å². The van der Waals surface area contributed by atoms with Gasteiger partial charge in [-0.05, 0) is 29.2 Å². The van der Waals surface area contributed by atoms with E-state index >= 15 is 0 Å². The van der Waals surface area contributed by atoms with Crippen molar-refractivity contribution >= 4 is 52.1 Å². The third-order valence-corrected chi connectivity index (χ3v) is 8.17. The van der Waals surface area contributed by atoms with E-state index in [4.69, 9.17) is 11.6 Å². The van der Waals surface area contributed by atoms with Gasteiger partial charge in [0.25, 0.3) is 0 Å². The molecule has 0 fully saturated rings. The number of carbonyl (C=O) groups excluding carboxylic acids is 2. The van der Waals surface area contributed by atoms with E-state index in [0.717, 1.165) is 28.2 Å². The Labute approximate surface area is 199 Å². The van der Waals surface area contributed by atoms with Crippen LogP contribution in [0.4, 0.5) is 11.4 Å². The minimum absolute atomic E-state index is 0.0404. The van der Waals surface area contributed by atoms with Crippen LogP contribution in [0.1, 0.15) is 51.9 Å². The average molecular weight is 481 g/mol. The summed E-state index contributed by atoms with van der Waals surface area (Å²) in [6, 6.07) is 12.8. The maximum Gasteiger partial charge on any atom is 0.346 e. The molecule has 6 nitrogen and oxygen atoms in total. The lowest BCUT2D eigenvalue weighted by Gasteiger charge is -2.32. The first-order valence-electron chi connectivity index (χ1n) is 10.5. The molecule has 3 heterocycles. The highest BCUT2D eigenvalue weighted by molar-refractivity contribution is 7.15. The van der Waals surface area contributed by atoms with Crippen molar-refractivity contribution in [3.05, 3.63) is 68.4 Å². The first kappa shape index (κ1) is 21.7. The Morgan fingerprint density at radius 1 is 1.21 bits per heavy atom. The molecule has 0 unspecified atom stereocenters. The van der Waals surface area contributed by atoms with Gasteiger partial charge in [0, 0.05) is 28.9 Å². The smallest absolute Gasteiger partial charge is 0.346 e. The van der Waals surface area contributed by atoms with E-state index in [1.54, 1.807) is 36.2 Å². The van der Waals surface area contributed by atoms with Gasteiger partial charge in [-0.15, -0.1) is 11.3 Å². The van der Waals surface area contributed by atoms with Gasteiger partial charge in [-0.2, -0.15) is 0 Å². The Morgan fingerprint density at radius 2 is 1.94 bits per heavy atom. The third kappa shape index (κ3) is 2.96. The van der Waals surface area contributed by atoms with Gasteiger partial charge in [-0.3, -0.25) is 9.59 Å². The molecule has 5 rings (SSSR count). The highest BCUT2D eigenvalue weighted by atomic mass is 35.5. The number of hydrogen-bond acceptors (Lipinski definition) is 4. The molecule has 2 aliphatic rings. The molecule has 33 heavy (non-hydrogen) atoms. The van der Waals surface area contributed by atoms with Gasteiger partial charge in [-0.25, -0.2) is 4.79 Å². The maximum atomic E-state index is 13.8. The molecule has 0 aliphatic carbocycles. The number of carbonyl (C=O) groups is 3. The standard InChI is InChI=1S/C25H21ClN2O4S/c1-12(2)13-8-9-17-15(10-13)25(24(32)28(17)3)11-18(29)27-20-19(14-6-4-5-7-16(14)26)21(23(30)31)33-22(20)25/h4-10,12H,11H2,1-3H3,(H,27,29)(H,30,31)/t25-/m0/s1. The topological polar surface area (TPSA) is 86.7 Å². The molecule has 1 aromatic heterocycles. The molecular formula is C25H21ClN2O4S.